The van der Waals surface area contributed by atoms with Crippen molar-refractivity contribution >= 4 is 37.8 Å². The van der Waals surface area contributed by atoms with Gasteiger partial charge in [-0.25, -0.2) is 4.79 Å². The molecule has 0 atom stereocenters. The Kier molecular flexibility index (Phi) is 2.74. The molecule has 0 spiro atoms. The Morgan fingerprint density at radius 1 is 1.25 bits per heavy atom. The van der Waals surface area contributed by atoms with Gasteiger partial charge in [0, 0.05) is 8.95 Å². The van der Waals surface area contributed by atoms with Gasteiger partial charge in [-0.15, -0.1) is 0 Å². The van der Waals surface area contributed by atoms with Crippen LogP contribution < -0.4 is 0 Å². The lowest BCUT2D eigenvalue weighted by molar-refractivity contribution is 0.0693. The number of hydrogen-bond donors (Lipinski definition) is 2. The van der Waals surface area contributed by atoms with Gasteiger partial charge >= 0.3 is 5.97 Å². The number of hydrogen-bond acceptors (Lipinski definition) is 2. The molecule has 3 nitrogen and oxygen atoms in total. The number of aromatic carboxylic acids is 1. The predicted octanol–water partition coefficient (Wildman–Crippen LogP) is 2.62. The van der Waals surface area contributed by atoms with Crippen molar-refractivity contribution in [2.24, 2.45) is 0 Å². The Morgan fingerprint density at radius 2 is 1.75 bits per heavy atom. The van der Waals surface area contributed by atoms with Gasteiger partial charge in [0.1, 0.15) is 11.3 Å². The minimum atomic E-state index is -1.15. The Hall–Kier alpha value is -0.550. The molecule has 0 aromatic heterocycles. The monoisotopic (exact) mass is 294 g/mol. The number of carboxylic acids is 1. The number of rotatable bonds is 1. The summed E-state index contributed by atoms with van der Waals surface area (Å²) >= 11 is 6.26. The maximum atomic E-state index is 10.5. The van der Waals surface area contributed by atoms with Crippen LogP contribution in [-0.2, 0) is 0 Å². The van der Waals surface area contributed by atoms with E-state index in [1.54, 1.807) is 0 Å². The number of aromatic hydroxyl groups is 1. The second kappa shape index (κ2) is 3.45. The van der Waals surface area contributed by atoms with Crippen LogP contribution in [0.4, 0.5) is 0 Å². The van der Waals surface area contributed by atoms with Gasteiger partial charge in [0.05, 0.1) is 0 Å². The molecule has 12 heavy (non-hydrogen) atoms. The number of halogens is 2. The number of phenols is 1. The molecule has 0 amide bonds. The Bertz CT molecular complexity index is 336. The average Bonchev–Trinajstić information content (AvgIpc) is 1.96. The highest BCUT2D eigenvalue weighted by molar-refractivity contribution is 9.13. The van der Waals surface area contributed by atoms with Gasteiger partial charge in [-0.1, -0.05) is 0 Å². The molecule has 1 aromatic carbocycles. The molecule has 0 heterocycles. The molecule has 0 unspecified atom stereocenters. The third-order valence-electron chi connectivity index (χ3n) is 1.27. The van der Waals surface area contributed by atoms with E-state index in [9.17, 15) is 4.79 Å². The molecular formula is C7H4Br2O3. The molecule has 0 aliphatic heterocycles. The first-order chi connectivity index (χ1) is 5.52. The van der Waals surface area contributed by atoms with Crippen molar-refractivity contribution in [3.05, 3.63) is 26.6 Å². The lowest BCUT2D eigenvalue weighted by Crippen LogP contribution is -1.96. The molecule has 1 aromatic rings. The van der Waals surface area contributed by atoms with Gasteiger partial charge in [0.25, 0.3) is 0 Å². The Labute approximate surface area is 85.3 Å². The SMILES string of the molecule is O=C(O)c1cc(Br)c(Br)cc1O. The summed E-state index contributed by atoms with van der Waals surface area (Å²) in [6.07, 6.45) is 0. The maximum absolute atomic E-state index is 10.5. The highest BCUT2D eigenvalue weighted by atomic mass is 79.9. The van der Waals surface area contributed by atoms with E-state index in [0.29, 0.717) is 8.95 Å². The lowest BCUT2D eigenvalue weighted by Gasteiger charge is -2.01. The number of carbonyl (C=O) groups is 1. The van der Waals surface area contributed by atoms with Crippen molar-refractivity contribution in [1.29, 1.82) is 0 Å². The first-order valence-electron chi connectivity index (χ1n) is 2.93. The van der Waals surface area contributed by atoms with E-state index < -0.39 is 5.97 Å². The largest absolute Gasteiger partial charge is 0.507 e. The second-order valence-corrected chi connectivity index (χ2v) is 3.80. The topological polar surface area (TPSA) is 57.5 Å². The summed E-state index contributed by atoms with van der Waals surface area (Å²) in [7, 11) is 0. The van der Waals surface area contributed by atoms with E-state index in [1.807, 2.05) is 0 Å². The van der Waals surface area contributed by atoms with Crippen molar-refractivity contribution < 1.29 is 15.0 Å². The smallest absolute Gasteiger partial charge is 0.339 e. The zero-order chi connectivity index (χ0) is 9.30. The highest BCUT2D eigenvalue weighted by Crippen LogP contribution is 2.30. The molecule has 5 heteroatoms. The summed E-state index contributed by atoms with van der Waals surface area (Å²) in [4.78, 5) is 10.5. The summed E-state index contributed by atoms with van der Waals surface area (Å²) in [5.41, 5.74) is -0.120. The molecule has 0 saturated heterocycles. The molecule has 0 bridgehead atoms. The summed E-state index contributed by atoms with van der Waals surface area (Å²) < 4.78 is 1.21. The summed E-state index contributed by atoms with van der Waals surface area (Å²) in [5, 5.41) is 17.7. The standard InChI is InChI=1S/C7H4Br2O3/c8-4-1-3(7(11)12)6(10)2-5(4)9/h1-2,10H,(H,11,12). The van der Waals surface area contributed by atoms with Gasteiger partial charge in [-0.3, -0.25) is 0 Å². The molecule has 64 valence electrons. The molecule has 0 saturated carbocycles. The van der Waals surface area contributed by atoms with Crippen molar-refractivity contribution in [3.8, 4) is 5.75 Å². The molecule has 1 rings (SSSR count). The maximum Gasteiger partial charge on any atom is 0.339 e. The quantitative estimate of drug-likeness (QED) is 0.837. The zero-order valence-corrected chi connectivity index (χ0v) is 8.89. The minimum Gasteiger partial charge on any atom is -0.507 e. The van der Waals surface area contributed by atoms with Crippen molar-refractivity contribution in [1.82, 2.24) is 0 Å². The third kappa shape index (κ3) is 1.78. The first-order valence-corrected chi connectivity index (χ1v) is 4.52. The fourth-order valence-corrected chi connectivity index (χ4v) is 1.38. The van der Waals surface area contributed by atoms with E-state index in [4.69, 9.17) is 10.2 Å². The second-order valence-electron chi connectivity index (χ2n) is 2.09. The Morgan fingerprint density at radius 3 is 2.25 bits per heavy atom. The van der Waals surface area contributed by atoms with Crippen LogP contribution >= 0.6 is 31.9 Å². The fraction of sp³-hybridized carbons (Fsp3) is 0. The molecule has 0 radical (unpaired) electrons. The van der Waals surface area contributed by atoms with Crippen LogP contribution in [0.1, 0.15) is 10.4 Å². The highest BCUT2D eigenvalue weighted by Gasteiger charge is 2.11. The van der Waals surface area contributed by atoms with Crippen LogP contribution in [0.5, 0.6) is 5.75 Å². The van der Waals surface area contributed by atoms with Gasteiger partial charge < -0.3 is 10.2 Å². The summed E-state index contributed by atoms with van der Waals surface area (Å²) in [6, 6.07) is 2.66. The van der Waals surface area contributed by atoms with Gasteiger partial charge in [-0.05, 0) is 44.0 Å². The van der Waals surface area contributed by atoms with Gasteiger partial charge in [0.2, 0.25) is 0 Å². The molecule has 0 aliphatic rings. The molecule has 0 aliphatic carbocycles. The minimum absolute atomic E-state index is 0.120. The van der Waals surface area contributed by atoms with E-state index in [0.717, 1.165) is 0 Å². The molecular weight excluding hydrogens is 292 g/mol. The predicted molar refractivity (Wildman–Crippen MR) is 50.5 cm³/mol. The van der Waals surface area contributed by atoms with Crippen molar-refractivity contribution in [2.45, 2.75) is 0 Å². The van der Waals surface area contributed by atoms with Crippen molar-refractivity contribution in [2.75, 3.05) is 0 Å². The van der Waals surface area contributed by atoms with E-state index in [1.165, 1.54) is 12.1 Å². The van der Waals surface area contributed by atoms with Crippen LogP contribution in [0.3, 0.4) is 0 Å². The number of benzene rings is 1. The average molecular weight is 296 g/mol. The number of carboxylic acid groups (broad SMARTS) is 1. The first kappa shape index (κ1) is 9.54. The normalized spacial score (nSPS) is 9.83. The molecule has 0 fully saturated rings. The third-order valence-corrected chi connectivity index (χ3v) is 3.11. The fourth-order valence-electron chi connectivity index (χ4n) is 0.708. The van der Waals surface area contributed by atoms with Crippen LogP contribution in [0.15, 0.2) is 21.1 Å². The Balaban J connectivity index is 3.33. The van der Waals surface area contributed by atoms with E-state index in [-0.39, 0.29) is 11.3 Å². The van der Waals surface area contributed by atoms with E-state index in [2.05, 4.69) is 31.9 Å². The van der Waals surface area contributed by atoms with Gasteiger partial charge in [0.15, 0.2) is 0 Å². The lowest BCUT2D eigenvalue weighted by atomic mass is 10.2. The van der Waals surface area contributed by atoms with E-state index >= 15 is 0 Å². The summed E-state index contributed by atoms with van der Waals surface area (Å²) in [5.74, 6) is -1.40. The van der Waals surface area contributed by atoms with Crippen molar-refractivity contribution in [3.63, 3.8) is 0 Å². The van der Waals surface area contributed by atoms with Crippen LogP contribution in [0.25, 0.3) is 0 Å². The molecule has 2 N–H and O–H groups in total. The van der Waals surface area contributed by atoms with Crippen LogP contribution in [0.2, 0.25) is 0 Å². The van der Waals surface area contributed by atoms with Gasteiger partial charge in [-0.2, -0.15) is 0 Å². The zero-order valence-electron chi connectivity index (χ0n) is 5.71. The summed E-state index contributed by atoms with van der Waals surface area (Å²) in [6.45, 7) is 0. The van der Waals surface area contributed by atoms with Crippen LogP contribution in [-0.4, -0.2) is 16.2 Å². The van der Waals surface area contributed by atoms with Crippen LogP contribution in [0, 0.1) is 0 Å².